The Labute approximate surface area is 161 Å². The average Bonchev–Trinajstić information content (AvgIpc) is 3.04. The highest BCUT2D eigenvalue weighted by molar-refractivity contribution is 6.30. The molecule has 0 aliphatic heterocycles. The Kier molecular flexibility index (Phi) is 7.33. The van der Waals surface area contributed by atoms with Crippen LogP contribution in [0.4, 0.5) is 13.2 Å². The number of halogens is 4. The molecular weight excluding hydrogens is 381 g/mol. The van der Waals surface area contributed by atoms with Gasteiger partial charge in [-0.1, -0.05) is 12.1 Å². The van der Waals surface area contributed by atoms with Crippen molar-refractivity contribution in [1.82, 2.24) is 9.47 Å². The molecule has 4 nitrogen and oxygen atoms in total. The first-order valence-corrected chi connectivity index (χ1v) is 8.88. The largest absolute Gasteiger partial charge is 0.416 e. The van der Waals surface area contributed by atoms with E-state index in [9.17, 15) is 18.0 Å². The maximum absolute atomic E-state index is 12.9. The molecule has 148 valence electrons. The van der Waals surface area contributed by atoms with E-state index >= 15 is 0 Å². The van der Waals surface area contributed by atoms with Crippen molar-refractivity contribution in [2.24, 2.45) is 0 Å². The first kappa shape index (κ1) is 21.3. The molecule has 1 heterocycles. The topological polar surface area (TPSA) is 34.5 Å². The number of ether oxygens (including phenoxy) is 1. The van der Waals surface area contributed by atoms with Crippen molar-refractivity contribution < 1.29 is 22.7 Å². The van der Waals surface area contributed by atoms with Gasteiger partial charge >= 0.3 is 6.18 Å². The van der Waals surface area contributed by atoms with Crippen LogP contribution >= 0.6 is 11.6 Å². The van der Waals surface area contributed by atoms with E-state index in [2.05, 4.69) is 0 Å². The zero-order valence-electron chi connectivity index (χ0n) is 15.2. The SMILES string of the molecule is COCCN(Cc1cccn1Cc1cccc(C(F)(F)F)c1)C(=O)C(C)Cl. The molecule has 1 atom stereocenters. The van der Waals surface area contributed by atoms with Crippen LogP contribution < -0.4 is 0 Å². The second-order valence-electron chi connectivity index (χ2n) is 6.19. The van der Waals surface area contributed by atoms with Gasteiger partial charge in [-0.15, -0.1) is 11.6 Å². The molecule has 27 heavy (non-hydrogen) atoms. The summed E-state index contributed by atoms with van der Waals surface area (Å²) in [7, 11) is 1.54. The van der Waals surface area contributed by atoms with Crippen molar-refractivity contribution in [1.29, 1.82) is 0 Å². The number of aromatic nitrogens is 1. The molecule has 1 amide bonds. The van der Waals surface area contributed by atoms with E-state index in [0.717, 1.165) is 17.8 Å². The molecule has 0 aliphatic rings. The second-order valence-corrected chi connectivity index (χ2v) is 6.85. The highest BCUT2D eigenvalue weighted by Crippen LogP contribution is 2.29. The number of carbonyl (C=O) groups excluding carboxylic acids is 1. The third-order valence-corrected chi connectivity index (χ3v) is 4.29. The normalized spacial score (nSPS) is 12.8. The molecule has 1 unspecified atom stereocenters. The van der Waals surface area contributed by atoms with Crippen LogP contribution in [0.3, 0.4) is 0 Å². The van der Waals surface area contributed by atoms with Gasteiger partial charge in [-0.05, 0) is 36.8 Å². The minimum absolute atomic E-state index is 0.222. The van der Waals surface area contributed by atoms with E-state index in [1.54, 1.807) is 37.3 Å². The highest BCUT2D eigenvalue weighted by atomic mass is 35.5. The Morgan fingerprint density at radius 3 is 2.67 bits per heavy atom. The lowest BCUT2D eigenvalue weighted by atomic mass is 10.1. The number of alkyl halides is 4. The van der Waals surface area contributed by atoms with Gasteiger partial charge in [-0.2, -0.15) is 13.2 Å². The maximum atomic E-state index is 12.9. The fraction of sp³-hybridized carbons (Fsp3) is 0.421. The molecule has 0 aliphatic carbocycles. The van der Waals surface area contributed by atoms with E-state index in [1.807, 2.05) is 10.6 Å². The summed E-state index contributed by atoms with van der Waals surface area (Å²) >= 11 is 5.93. The molecule has 8 heteroatoms. The molecule has 2 rings (SSSR count). The van der Waals surface area contributed by atoms with Gasteiger partial charge in [0.05, 0.1) is 18.7 Å². The number of nitrogens with zero attached hydrogens (tertiary/aromatic N) is 2. The Hall–Kier alpha value is -1.99. The average molecular weight is 403 g/mol. The summed E-state index contributed by atoms with van der Waals surface area (Å²) in [5.41, 5.74) is 0.651. The van der Waals surface area contributed by atoms with Gasteiger partial charge in [0.1, 0.15) is 5.38 Å². The number of methoxy groups -OCH3 is 1. The molecule has 2 aromatic rings. The molecule has 0 N–H and O–H groups in total. The predicted octanol–water partition coefficient (Wildman–Crippen LogP) is 4.16. The summed E-state index contributed by atoms with van der Waals surface area (Å²) < 4.78 is 45.6. The molecule has 0 radical (unpaired) electrons. The van der Waals surface area contributed by atoms with E-state index in [1.165, 1.54) is 6.07 Å². The Bertz CT molecular complexity index is 759. The first-order valence-electron chi connectivity index (χ1n) is 8.44. The maximum Gasteiger partial charge on any atom is 0.416 e. The van der Waals surface area contributed by atoms with Crippen molar-refractivity contribution >= 4 is 17.5 Å². The molecular formula is C19H22ClF3N2O2. The monoisotopic (exact) mass is 402 g/mol. The van der Waals surface area contributed by atoms with Crippen molar-refractivity contribution in [3.63, 3.8) is 0 Å². The Morgan fingerprint density at radius 1 is 1.30 bits per heavy atom. The Balaban J connectivity index is 2.18. The molecule has 0 fully saturated rings. The van der Waals surface area contributed by atoms with Crippen LogP contribution in [0.5, 0.6) is 0 Å². The number of hydrogen-bond donors (Lipinski definition) is 0. The van der Waals surface area contributed by atoms with Gasteiger partial charge in [0.25, 0.3) is 0 Å². The summed E-state index contributed by atoms with van der Waals surface area (Å²) in [5, 5.41) is -0.672. The number of amides is 1. The summed E-state index contributed by atoms with van der Waals surface area (Å²) in [6.45, 7) is 2.91. The third-order valence-electron chi connectivity index (χ3n) is 4.10. The van der Waals surface area contributed by atoms with E-state index in [4.69, 9.17) is 16.3 Å². The van der Waals surface area contributed by atoms with Crippen LogP contribution in [-0.2, 0) is 28.8 Å². The second kappa shape index (κ2) is 9.28. The molecule has 1 aromatic heterocycles. The van der Waals surface area contributed by atoms with Crippen LogP contribution in [-0.4, -0.2) is 41.0 Å². The third kappa shape index (κ3) is 6.01. The van der Waals surface area contributed by atoms with E-state index in [-0.39, 0.29) is 12.5 Å². The van der Waals surface area contributed by atoms with Gasteiger partial charge < -0.3 is 14.2 Å². The number of carbonyl (C=O) groups is 1. The first-order chi connectivity index (χ1) is 12.7. The zero-order valence-corrected chi connectivity index (χ0v) is 15.9. The lowest BCUT2D eigenvalue weighted by Crippen LogP contribution is -2.38. The van der Waals surface area contributed by atoms with Gasteiger partial charge in [0.2, 0.25) is 5.91 Å². The van der Waals surface area contributed by atoms with Crippen LogP contribution in [0, 0.1) is 0 Å². The summed E-state index contributed by atoms with van der Waals surface area (Å²) in [5.74, 6) is -0.222. The van der Waals surface area contributed by atoms with E-state index < -0.39 is 17.1 Å². The van der Waals surface area contributed by atoms with Crippen molar-refractivity contribution in [3.8, 4) is 0 Å². The van der Waals surface area contributed by atoms with Crippen molar-refractivity contribution in [3.05, 3.63) is 59.4 Å². The Morgan fingerprint density at radius 2 is 2.04 bits per heavy atom. The smallest absolute Gasteiger partial charge is 0.383 e. The summed E-state index contributed by atoms with van der Waals surface area (Å²) in [6.07, 6.45) is -2.60. The quantitative estimate of drug-likeness (QED) is 0.621. The number of rotatable bonds is 8. The lowest BCUT2D eigenvalue weighted by molar-refractivity contribution is -0.137. The van der Waals surface area contributed by atoms with Crippen LogP contribution in [0.15, 0.2) is 42.6 Å². The summed E-state index contributed by atoms with van der Waals surface area (Å²) in [4.78, 5) is 13.9. The van der Waals surface area contributed by atoms with Crippen molar-refractivity contribution in [2.45, 2.75) is 31.6 Å². The fourth-order valence-corrected chi connectivity index (χ4v) is 2.84. The standard InChI is InChI=1S/C19H22ClF3N2O2/c1-14(20)18(26)25(9-10-27-2)13-17-7-4-8-24(17)12-15-5-3-6-16(11-15)19(21,22)23/h3-8,11,14H,9-10,12-13H2,1-2H3. The highest BCUT2D eigenvalue weighted by Gasteiger charge is 2.30. The molecule has 0 bridgehead atoms. The summed E-state index contributed by atoms with van der Waals surface area (Å²) in [6, 6.07) is 8.86. The molecule has 0 saturated heterocycles. The van der Waals surface area contributed by atoms with Crippen LogP contribution in [0.2, 0.25) is 0 Å². The lowest BCUT2D eigenvalue weighted by Gasteiger charge is -2.24. The van der Waals surface area contributed by atoms with Gasteiger partial charge in [0, 0.05) is 32.1 Å². The molecule has 1 aromatic carbocycles. The minimum Gasteiger partial charge on any atom is -0.383 e. The number of hydrogen-bond acceptors (Lipinski definition) is 2. The minimum atomic E-state index is -4.38. The molecule has 0 saturated carbocycles. The van der Waals surface area contributed by atoms with Crippen molar-refractivity contribution in [2.75, 3.05) is 20.3 Å². The van der Waals surface area contributed by atoms with Gasteiger partial charge in [0.15, 0.2) is 0 Å². The fourth-order valence-electron chi connectivity index (χ4n) is 2.71. The van der Waals surface area contributed by atoms with Gasteiger partial charge in [-0.3, -0.25) is 4.79 Å². The van der Waals surface area contributed by atoms with Gasteiger partial charge in [-0.25, -0.2) is 0 Å². The zero-order chi connectivity index (χ0) is 20.0. The van der Waals surface area contributed by atoms with Crippen LogP contribution in [0.1, 0.15) is 23.7 Å². The predicted molar refractivity (Wildman–Crippen MR) is 97.6 cm³/mol. The number of benzene rings is 1. The molecule has 0 spiro atoms. The van der Waals surface area contributed by atoms with E-state index in [0.29, 0.717) is 25.3 Å². The van der Waals surface area contributed by atoms with Crippen LogP contribution in [0.25, 0.3) is 0 Å².